The number of piperidine rings is 1. The highest BCUT2D eigenvalue weighted by Gasteiger charge is 2.46. The largest absolute Gasteiger partial charge is 0.497 e. The molecule has 0 aliphatic carbocycles. The van der Waals surface area contributed by atoms with Crippen LogP contribution in [0.2, 0.25) is 0 Å². The SMILES string of the molecule is COc1ccc(S(=O)(=O)N2c3ccc(C)cc3[C@H]3CN(C)CC[C@@H]32)cc1. The van der Waals surface area contributed by atoms with Crippen molar-refractivity contribution in [2.45, 2.75) is 30.2 Å². The molecule has 0 saturated carbocycles. The van der Waals surface area contributed by atoms with Gasteiger partial charge in [-0.15, -0.1) is 0 Å². The molecule has 1 fully saturated rings. The average Bonchev–Trinajstić information content (AvgIpc) is 2.95. The second-order valence-corrected chi connectivity index (χ2v) is 9.08. The van der Waals surface area contributed by atoms with Crippen LogP contribution in [0.3, 0.4) is 0 Å². The van der Waals surface area contributed by atoms with Crippen molar-refractivity contribution in [3.63, 3.8) is 0 Å². The van der Waals surface area contributed by atoms with Crippen LogP contribution in [0.5, 0.6) is 5.75 Å². The molecular weight excluding hydrogens is 348 g/mol. The molecule has 2 atom stereocenters. The summed E-state index contributed by atoms with van der Waals surface area (Å²) in [4.78, 5) is 2.60. The van der Waals surface area contributed by atoms with E-state index in [2.05, 4.69) is 24.9 Å². The van der Waals surface area contributed by atoms with E-state index in [1.54, 1.807) is 35.7 Å². The van der Waals surface area contributed by atoms with Gasteiger partial charge in [0, 0.05) is 12.5 Å². The molecule has 0 spiro atoms. The van der Waals surface area contributed by atoms with Crippen LogP contribution in [-0.4, -0.2) is 46.6 Å². The summed E-state index contributed by atoms with van der Waals surface area (Å²) in [6.45, 7) is 3.85. The van der Waals surface area contributed by atoms with Crippen LogP contribution in [0.25, 0.3) is 0 Å². The van der Waals surface area contributed by atoms with Gasteiger partial charge in [0.2, 0.25) is 0 Å². The second kappa shape index (κ2) is 6.28. The van der Waals surface area contributed by atoms with E-state index in [1.807, 2.05) is 12.1 Å². The minimum absolute atomic E-state index is 0.0184. The van der Waals surface area contributed by atoms with Crippen molar-refractivity contribution in [2.75, 3.05) is 31.6 Å². The van der Waals surface area contributed by atoms with Gasteiger partial charge in [-0.05, 0) is 62.8 Å². The number of sulfonamides is 1. The number of hydrogen-bond donors (Lipinski definition) is 0. The van der Waals surface area contributed by atoms with E-state index in [-0.39, 0.29) is 12.0 Å². The van der Waals surface area contributed by atoms with Crippen LogP contribution in [0.15, 0.2) is 47.4 Å². The summed E-state index contributed by atoms with van der Waals surface area (Å²) in [5, 5.41) is 0. The number of likely N-dealkylation sites (tertiary alicyclic amines) is 1. The van der Waals surface area contributed by atoms with E-state index < -0.39 is 10.0 Å². The third-order valence-electron chi connectivity index (χ3n) is 5.52. The van der Waals surface area contributed by atoms with E-state index in [1.165, 1.54) is 5.56 Å². The first-order valence-electron chi connectivity index (χ1n) is 8.89. The van der Waals surface area contributed by atoms with Crippen molar-refractivity contribution in [1.29, 1.82) is 0 Å². The molecule has 26 heavy (non-hydrogen) atoms. The summed E-state index contributed by atoms with van der Waals surface area (Å²) >= 11 is 0. The van der Waals surface area contributed by atoms with E-state index in [0.717, 1.165) is 30.8 Å². The minimum Gasteiger partial charge on any atom is -0.497 e. The van der Waals surface area contributed by atoms with Gasteiger partial charge in [-0.25, -0.2) is 8.42 Å². The van der Waals surface area contributed by atoms with Gasteiger partial charge in [-0.3, -0.25) is 4.31 Å². The first-order chi connectivity index (χ1) is 12.4. The quantitative estimate of drug-likeness (QED) is 0.831. The summed E-state index contributed by atoms with van der Waals surface area (Å²) in [5.41, 5.74) is 3.15. The van der Waals surface area contributed by atoms with Gasteiger partial charge in [0.05, 0.1) is 23.7 Å². The first-order valence-corrected chi connectivity index (χ1v) is 10.3. The third kappa shape index (κ3) is 2.68. The number of anilines is 1. The lowest BCUT2D eigenvalue weighted by Gasteiger charge is -2.36. The predicted octanol–water partition coefficient (Wildman–Crippen LogP) is 3.00. The van der Waals surface area contributed by atoms with Gasteiger partial charge in [0.1, 0.15) is 5.75 Å². The van der Waals surface area contributed by atoms with Crippen molar-refractivity contribution in [3.05, 3.63) is 53.6 Å². The second-order valence-electron chi connectivity index (χ2n) is 7.26. The molecule has 1 saturated heterocycles. The predicted molar refractivity (Wildman–Crippen MR) is 102 cm³/mol. The minimum atomic E-state index is -3.62. The van der Waals surface area contributed by atoms with E-state index in [4.69, 9.17) is 4.74 Å². The summed E-state index contributed by atoms with van der Waals surface area (Å²) < 4.78 is 33.8. The lowest BCUT2D eigenvalue weighted by atomic mass is 9.89. The highest BCUT2D eigenvalue weighted by molar-refractivity contribution is 7.92. The normalized spacial score (nSPS) is 22.8. The topological polar surface area (TPSA) is 49.9 Å². The number of ether oxygens (including phenoxy) is 1. The summed E-state index contributed by atoms with van der Waals surface area (Å²) in [7, 11) is 0.0600. The van der Waals surface area contributed by atoms with Crippen LogP contribution < -0.4 is 9.04 Å². The fourth-order valence-electron chi connectivity index (χ4n) is 4.21. The van der Waals surface area contributed by atoms with Crippen LogP contribution in [0.1, 0.15) is 23.5 Å². The Morgan fingerprint density at radius 2 is 1.85 bits per heavy atom. The van der Waals surface area contributed by atoms with Crippen LogP contribution in [0, 0.1) is 6.92 Å². The zero-order valence-corrected chi connectivity index (χ0v) is 16.2. The maximum atomic E-state index is 13.5. The van der Waals surface area contributed by atoms with E-state index in [0.29, 0.717) is 10.6 Å². The number of rotatable bonds is 3. The van der Waals surface area contributed by atoms with Gasteiger partial charge in [-0.1, -0.05) is 17.7 Å². The van der Waals surface area contributed by atoms with Gasteiger partial charge in [-0.2, -0.15) is 0 Å². The molecule has 0 radical (unpaired) electrons. The van der Waals surface area contributed by atoms with Gasteiger partial charge in [0.25, 0.3) is 10.0 Å². The molecule has 0 bridgehead atoms. The van der Waals surface area contributed by atoms with Gasteiger partial charge < -0.3 is 9.64 Å². The Kier molecular flexibility index (Phi) is 4.20. The highest BCUT2D eigenvalue weighted by atomic mass is 32.2. The molecule has 2 aromatic carbocycles. The number of aryl methyl sites for hydroxylation is 1. The number of nitrogens with zero attached hydrogens (tertiary/aromatic N) is 2. The fourth-order valence-corrected chi connectivity index (χ4v) is 5.95. The number of benzene rings is 2. The van der Waals surface area contributed by atoms with Crippen molar-refractivity contribution in [3.8, 4) is 5.75 Å². The van der Waals surface area contributed by atoms with Crippen LogP contribution in [0.4, 0.5) is 5.69 Å². The molecule has 2 aliphatic rings. The van der Waals surface area contributed by atoms with E-state index >= 15 is 0 Å². The molecular formula is C20H24N2O3S. The Hall–Kier alpha value is -2.05. The molecule has 0 amide bonds. The van der Waals surface area contributed by atoms with Crippen molar-refractivity contribution in [1.82, 2.24) is 4.90 Å². The van der Waals surface area contributed by atoms with Crippen LogP contribution in [-0.2, 0) is 10.0 Å². The summed E-state index contributed by atoms with van der Waals surface area (Å²) in [6.07, 6.45) is 0.838. The number of fused-ring (bicyclic) bond motifs is 3. The molecule has 6 heteroatoms. The Morgan fingerprint density at radius 3 is 2.54 bits per heavy atom. The molecule has 2 aromatic rings. The monoisotopic (exact) mass is 372 g/mol. The molecule has 2 aliphatic heterocycles. The molecule has 5 nitrogen and oxygen atoms in total. The fraction of sp³-hybridized carbons (Fsp3) is 0.400. The molecule has 138 valence electrons. The average molecular weight is 372 g/mol. The third-order valence-corrected chi connectivity index (χ3v) is 7.37. The smallest absolute Gasteiger partial charge is 0.264 e. The van der Waals surface area contributed by atoms with Crippen molar-refractivity contribution < 1.29 is 13.2 Å². The number of methoxy groups -OCH3 is 1. The number of likely N-dealkylation sites (N-methyl/N-ethyl adjacent to an activating group) is 1. The molecule has 0 N–H and O–H groups in total. The zero-order valence-electron chi connectivity index (χ0n) is 15.3. The maximum Gasteiger partial charge on any atom is 0.264 e. The van der Waals surface area contributed by atoms with Crippen molar-refractivity contribution in [2.24, 2.45) is 0 Å². The molecule has 0 aromatic heterocycles. The summed E-state index contributed by atoms with van der Waals surface area (Å²) in [5.74, 6) is 0.871. The maximum absolute atomic E-state index is 13.5. The molecule has 2 heterocycles. The Bertz CT molecular complexity index is 925. The Balaban J connectivity index is 1.82. The lowest BCUT2D eigenvalue weighted by molar-refractivity contribution is 0.237. The van der Waals surface area contributed by atoms with E-state index in [9.17, 15) is 8.42 Å². The standard InChI is InChI=1S/C20H24N2O3S/c1-14-4-9-19-17(12-14)18-13-21(2)11-10-20(18)22(19)26(23,24)16-7-5-15(25-3)6-8-16/h4-9,12,18,20H,10-11,13H2,1-3H3/t18-,20+/m1/s1. The Morgan fingerprint density at radius 1 is 1.12 bits per heavy atom. The summed E-state index contributed by atoms with van der Waals surface area (Å²) in [6, 6.07) is 12.7. The Labute approximate surface area is 155 Å². The molecule has 0 unspecified atom stereocenters. The lowest BCUT2D eigenvalue weighted by Crippen LogP contribution is -2.47. The zero-order chi connectivity index (χ0) is 18.5. The number of hydrogen-bond acceptors (Lipinski definition) is 4. The first kappa shape index (κ1) is 17.4. The van der Waals surface area contributed by atoms with Crippen LogP contribution >= 0.6 is 0 Å². The highest BCUT2D eigenvalue weighted by Crippen LogP contribution is 2.47. The van der Waals surface area contributed by atoms with Crippen molar-refractivity contribution >= 4 is 15.7 Å². The molecule has 4 rings (SSSR count). The van der Waals surface area contributed by atoms with Gasteiger partial charge >= 0.3 is 0 Å². The van der Waals surface area contributed by atoms with Gasteiger partial charge in [0.15, 0.2) is 0 Å².